The lowest BCUT2D eigenvalue weighted by Crippen LogP contribution is -2.42. The molecule has 27 heavy (non-hydrogen) atoms. The summed E-state index contributed by atoms with van der Waals surface area (Å²) in [5.74, 6) is 3.54. The minimum Gasteiger partial charge on any atom is -0.494 e. The lowest BCUT2D eigenvalue weighted by Gasteiger charge is -2.48. The summed E-state index contributed by atoms with van der Waals surface area (Å²) in [7, 11) is 4.20. The van der Waals surface area contributed by atoms with Gasteiger partial charge < -0.3 is 9.64 Å². The second kappa shape index (κ2) is 8.13. The van der Waals surface area contributed by atoms with Gasteiger partial charge >= 0.3 is 0 Å². The van der Waals surface area contributed by atoms with E-state index in [9.17, 15) is 4.79 Å². The first-order valence-corrected chi connectivity index (χ1v) is 10.4. The van der Waals surface area contributed by atoms with Crippen LogP contribution >= 0.6 is 12.4 Å². The Balaban J connectivity index is 0.00000210. The van der Waals surface area contributed by atoms with Gasteiger partial charge in [0.25, 0.3) is 0 Å². The molecule has 0 spiro atoms. The second-order valence-electron chi connectivity index (χ2n) is 9.20. The van der Waals surface area contributed by atoms with Crippen LogP contribution in [-0.4, -0.2) is 37.9 Å². The van der Waals surface area contributed by atoms with Gasteiger partial charge in [-0.2, -0.15) is 0 Å². The number of hydrogen-bond acceptors (Lipinski definition) is 3. The number of carbonyl (C=O) groups is 1. The largest absolute Gasteiger partial charge is 0.494 e. The van der Waals surface area contributed by atoms with E-state index in [2.05, 4.69) is 44.1 Å². The molecule has 0 aromatic heterocycles. The molecule has 1 aromatic rings. The number of Topliss-reactive ketones (excluding diaryl/α,β-unsaturated/α-hetero) is 1. The zero-order chi connectivity index (χ0) is 18.3. The van der Waals surface area contributed by atoms with Gasteiger partial charge in [0.2, 0.25) is 0 Å². The number of ketones is 1. The standard InChI is InChI=1S/C23H33NO2.ClH/c1-23-12-11-19-18-8-6-17(26-14-4-13-24(2)3)15-16(18)5-7-20(19)21(23)9-10-22(23)25;/h6,8,15,19-21H,4-5,7,9-14H2,1-3H3;1H/t19-,20-,21+,23+;/m1./s1. The van der Waals surface area contributed by atoms with Crippen molar-refractivity contribution in [3.63, 3.8) is 0 Å². The Morgan fingerprint density at radius 2 is 2.00 bits per heavy atom. The minimum atomic E-state index is -0.0197. The molecule has 0 aliphatic heterocycles. The van der Waals surface area contributed by atoms with E-state index in [1.54, 1.807) is 5.56 Å². The van der Waals surface area contributed by atoms with E-state index >= 15 is 0 Å². The molecule has 150 valence electrons. The molecule has 0 N–H and O–H groups in total. The third-order valence-electron chi connectivity index (χ3n) is 7.43. The number of benzene rings is 1. The highest BCUT2D eigenvalue weighted by molar-refractivity contribution is 5.87. The van der Waals surface area contributed by atoms with Crippen LogP contribution in [-0.2, 0) is 11.2 Å². The number of rotatable bonds is 5. The van der Waals surface area contributed by atoms with Gasteiger partial charge in [-0.25, -0.2) is 0 Å². The first-order valence-electron chi connectivity index (χ1n) is 10.4. The van der Waals surface area contributed by atoms with Crippen LogP contribution in [0, 0.1) is 17.3 Å². The Hall–Kier alpha value is -1.06. The van der Waals surface area contributed by atoms with E-state index in [4.69, 9.17) is 4.74 Å². The Labute approximate surface area is 170 Å². The number of hydrogen-bond donors (Lipinski definition) is 0. The number of halogens is 1. The van der Waals surface area contributed by atoms with Crippen LogP contribution in [0.15, 0.2) is 18.2 Å². The maximum Gasteiger partial charge on any atom is 0.139 e. The summed E-state index contributed by atoms with van der Waals surface area (Å²) in [5.41, 5.74) is 3.02. The van der Waals surface area contributed by atoms with Gasteiger partial charge in [0.05, 0.1) is 6.61 Å². The molecule has 1 aromatic carbocycles. The molecule has 0 unspecified atom stereocenters. The van der Waals surface area contributed by atoms with Crippen molar-refractivity contribution in [1.29, 1.82) is 0 Å². The fourth-order valence-corrected chi connectivity index (χ4v) is 5.99. The van der Waals surface area contributed by atoms with Crippen LogP contribution in [0.5, 0.6) is 5.75 Å². The predicted octanol–water partition coefficient (Wildman–Crippen LogP) is 4.86. The van der Waals surface area contributed by atoms with Gasteiger partial charge in [0.1, 0.15) is 11.5 Å². The molecule has 0 heterocycles. The predicted molar refractivity (Wildman–Crippen MR) is 112 cm³/mol. The number of aryl methyl sites for hydroxylation is 1. The third kappa shape index (κ3) is 3.78. The van der Waals surface area contributed by atoms with Crippen LogP contribution in [0.4, 0.5) is 0 Å². The Morgan fingerprint density at radius 3 is 2.78 bits per heavy atom. The first kappa shape index (κ1) is 20.7. The summed E-state index contributed by atoms with van der Waals surface area (Å²) in [4.78, 5) is 14.6. The van der Waals surface area contributed by atoms with Gasteiger partial charge in [-0.1, -0.05) is 13.0 Å². The van der Waals surface area contributed by atoms with Crippen molar-refractivity contribution in [2.75, 3.05) is 27.2 Å². The van der Waals surface area contributed by atoms with Crippen molar-refractivity contribution in [3.05, 3.63) is 29.3 Å². The lowest BCUT2D eigenvalue weighted by molar-refractivity contribution is -0.129. The Morgan fingerprint density at radius 1 is 1.19 bits per heavy atom. The molecular weight excluding hydrogens is 358 g/mol. The Bertz CT molecular complexity index is 689. The smallest absolute Gasteiger partial charge is 0.139 e. The zero-order valence-corrected chi connectivity index (χ0v) is 17.8. The van der Waals surface area contributed by atoms with Gasteiger partial charge in [-0.15, -0.1) is 12.4 Å². The number of ether oxygens (including phenoxy) is 1. The first-order chi connectivity index (χ1) is 12.5. The highest BCUT2D eigenvalue weighted by Gasteiger charge is 2.54. The maximum absolute atomic E-state index is 12.4. The third-order valence-corrected chi connectivity index (χ3v) is 7.43. The zero-order valence-electron chi connectivity index (χ0n) is 17.0. The van der Waals surface area contributed by atoms with Crippen LogP contribution < -0.4 is 4.74 Å². The average Bonchev–Trinajstić information content (AvgIpc) is 2.93. The van der Waals surface area contributed by atoms with Crippen molar-refractivity contribution in [2.24, 2.45) is 17.3 Å². The average molecular weight is 392 g/mol. The highest BCUT2D eigenvalue weighted by Crippen LogP contribution is 2.59. The summed E-state index contributed by atoms with van der Waals surface area (Å²) >= 11 is 0. The van der Waals surface area contributed by atoms with Crippen molar-refractivity contribution < 1.29 is 9.53 Å². The molecular formula is C23H34ClNO2. The topological polar surface area (TPSA) is 29.5 Å². The summed E-state index contributed by atoms with van der Waals surface area (Å²) in [6.07, 6.45) is 7.65. The molecule has 3 nitrogen and oxygen atoms in total. The SMILES string of the molecule is CN(C)CCCOc1ccc2c(c1)CC[C@@H]1[C@@H]2CC[C@]2(C)C(=O)CC[C@@H]12.Cl. The molecule has 3 aliphatic carbocycles. The molecule has 3 aliphatic rings. The van der Waals surface area contributed by atoms with E-state index in [0.717, 1.165) is 51.0 Å². The van der Waals surface area contributed by atoms with E-state index in [-0.39, 0.29) is 17.8 Å². The Kier molecular flexibility index (Phi) is 6.22. The summed E-state index contributed by atoms with van der Waals surface area (Å²) in [5, 5.41) is 0. The van der Waals surface area contributed by atoms with Crippen molar-refractivity contribution in [3.8, 4) is 5.75 Å². The molecule has 0 saturated heterocycles. The lowest BCUT2D eigenvalue weighted by atomic mass is 9.55. The van der Waals surface area contributed by atoms with E-state index in [1.165, 1.54) is 18.4 Å². The molecule has 4 atom stereocenters. The van der Waals surface area contributed by atoms with E-state index < -0.39 is 0 Å². The quantitative estimate of drug-likeness (QED) is 0.671. The van der Waals surface area contributed by atoms with Gasteiger partial charge in [0, 0.05) is 18.4 Å². The van der Waals surface area contributed by atoms with Crippen molar-refractivity contribution in [2.45, 2.75) is 57.8 Å². The maximum atomic E-state index is 12.4. The van der Waals surface area contributed by atoms with Crippen LogP contribution in [0.2, 0.25) is 0 Å². The number of nitrogens with zero attached hydrogens (tertiary/aromatic N) is 1. The van der Waals surface area contributed by atoms with Crippen LogP contribution in [0.1, 0.15) is 62.5 Å². The molecule has 4 heteroatoms. The highest BCUT2D eigenvalue weighted by atomic mass is 35.5. The van der Waals surface area contributed by atoms with Gasteiger partial charge in [-0.05, 0) is 93.6 Å². The summed E-state index contributed by atoms with van der Waals surface area (Å²) in [6.45, 7) is 4.10. The molecule has 0 radical (unpaired) electrons. The summed E-state index contributed by atoms with van der Waals surface area (Å²) in [6, 6.07) is 6.78. The molecule has 4 rings (SSSR count). The van der Waals surface area contributed by atoms with E-state index in [1.807, 2.05) is 0 Å². The van der Waals surface area contributed by atoms with Crippen LogP contribution in [0.25, 0.3) is 0 Å². The minimum absolute atomic E-state index is 0. The van der Waals surface area contributed by atoms with Crippen LogP contribution in [0.3, 0.4) is 0 Å². The number of fused-ring (bicyclic) bond motifs is 5. The normalized spacial score (nSPS) is 31.7. The van der Waals surface area contributed by atoms with Crippen molar-refractivity contribution in [1.82, 2.24) is 4.90 Å². The second-order valence-corrected chi connectivity index (χ2v) is 9.20. The van der Waals surface area contributed by atoms with Gasteiger partial charge in [-0.3, -0.25) is 4.79 Å². The number of carbonyl (C=O) groups excluding carboxylic acids is 1. The molecule has 0 amide bonds. The monoisotopic (exact) mass is 391 g/mol. The van der Waals surface area contributed by atoms with E-state index in [0.29, 0.717) is 23.5 Å². The molecule has 2 fully saturated rings. The summed E-state index contributed by atoms with van der Waals surface area (Å²) < 4.78 is 5.99. The fraction of sp³-hybridized carbons (Fsp3) is 0.696. The fourth-order valence-electron chi connectivity index (χ4n) is 5.99. The molecule has 2 saturated carbocycles. The molecule has 0 bridgehead atoms. The van der Waals surface area contributed by atoms with Crippen molar-refractivity contribution >= 4 is 18.2 Å². The van der Waals surface area contributed by atoms with Gasteiger partial charge in [0.15, 0.2) is 0 Å².